The fraction of sp³-hybridized carbons (Fsp3) is 0.923. The van der Waals surface area contributed by atoms with E-state index < -0.39 is 0 Å². The van der Waals surface area contributed by atoms with Gasteiger partial charge in [-0.25, -0.2) is 0 Å². The molecule has 2 heterocycles. The van der Waals surface area contributed by atoms with Crippen molar-refractivity contribution in [2.75, 3.05) is 26.7 Å². The molecule has 0 saturated carbocycles. The molecule has 3 unspecified atom stereocenters. The van der Waals surface area contributed by atoms with Gasteiger partial charge in [-0.05, 0) is 45.3 Å². The molecule has 2 aliphatic heterocycles. The van der Waals surface area contributed by atoms with Crippen LogP contribution in [0.15, 0.2) is 0 Å². The number of amides is 1. The van der Waals surface area contributed by atoms with Crippen molar-refractivity contribution in [2.45, 2.75) is 44.7 Å². The van der Waals surface area contributed by atoms with Crippen molar-refractivity contribution in [3.05, 3.63) is 0 Å². The Morgan fingerprint density at radius 3 is 2.82 bits per heavy atom. The van der Waals surface area contributed by atoms with Crippen molar-refractivity contribution in [2.24, 2.45) is 5.92 Å². The van der Waals surface area contributed by atoms with E-state index in [-0.39, 0.29) is 11.9 Å². The molecule has 0 aromatic carbocycles. The SMILES string of the molecule is CC1CN(C)CCC1NC(=O)C1CCCCN1. The van der Waals surface area contributed by atoms with E-state index in [0.717, 1.165) is 32.5 Å². The fourth-order valence-corrected chi connectivity index (χ4v) is 2.93. The molecule has 17 heavy (non-hydrogen) atoms. The van der Waals surface area contributed by atoms with Crippen molar-refractivity contribution < 1.29 is 4.79 Å². The van der Waals surface area contributed by atoms with E-state index in [9.17, 15) is 4.79 Å². The van der Waals surface area contributed by atoms with Crippen molar-refractivity contribution in [1.82, 2.24) is 15.5 Å². The van der Waals surface area contributed by atoms with Gasteiger partial charge in [0.1, 0.15) is 0 Å². The molecule has 0 aliphatic carbocycles. The lowest BCUT2D eigenvalue weighted by atomic mass is 9.93. The third kappa shape index (κ3) is 3.42. The minimum atomic E-state index is 0.0515. The zero-order valence-electron chi connectivity index (χ0n) is 11.0. The molecule has 0 bridgehead atoms. The van der Waals surface area contributed by atoms with E-state index in [1.54, 1.807) is 0 Å². The summed E-state index contributed by atoms with van der Waals surface area (Å²) in [5.74, 6) is 0.771. The summed E-state index contributed by atoms with van der Waals surface area (Å²) in [5, 5.41) is 6.54. The molecule has 0 aromatic rings. The minimum absolute atomic E-state index is 0.0515. The topological polar surface area (TPSA) is 44.4 Å². The van der Waals surface area contributed by atoms with E-state index in [2.05, 4.69) is 29.5 Å². The molecular formula is C13H25N3O. The van der Waals surface area contributed by atoms with Gasteiger partial charge in [-0.2, -0.15) is 0 Å². The number of nitrogens with one attached hydrogen (secondary N) is 2. The highest BCUT2D eigenvalue weighted by Gasteiger charge is 2.28. The molecule has 2 rings (SSSR count). The maximum atomic E-state index is 12.1. The molecule has 0 aromatic heterocycles. The number of carbonyl (C=O) groups is 1. The third-order valence-electron chi connectivity index (χ3n) is 4.06. The Kier molecular flexibility index (Phi) is 4.40. The van der Waals surface area contributed by atoms with E-state index in [1.807, 2.05) is 0 Å². The second-order valence-corrected chi connectivity index (χ2v) is 5.65. The van der Waals surface area contributed by atoms with Crippen LogP contribution in [0.5, 0.6) is 0 Å². The Morgan fingerprint density at radius 2 is 2.18 bits per heavy atom. The van der Waals surface area contributed by atoms with Gasteiger partial charge in [0.15, 0.2) is 0 Å². The molecule has 4 heteroatoms. The highest BCUT2D eigenvalue weighted by Crippen LogP contribution is 2.16. The molecule has 0 radical (unpaired) electrons. The maximum Gasteiger partial charge on any atom is 0.237 e. The highest BCUT2D eigenvalue weighted by molar-refractivity contribution is 5.82. The van der Waals surface area contributed by atoms with E-state index in [4.69, 9.17) is 0 Å². The lowest BCUT2D eigenvalue weighted by Crippen LogP contribution is -2.54. The van der Waals surface area contributed by atoms with Crippen LogP contribution >= 0.6 is 0 Å². The monoisotopic (exact) mass is 239 g/mol. The van der Waals surface area contributed by atoms with Gasteiger partial charge in [-0.3, -0.25) is 4.79 Å². The number of carbonyl (C=O) groups excluding carboxylic acids is 1. The van der Waals surface area contributed by atoms with Crippen LogP contribution in [-0.2, 0) is 4.79 Å². The number of piperidine rings is 2. The highest BCUT2D eigenvalue weighted by atomic mass is 16.2. The Bertz CT molecular complexity index is 263. The van der Waals surface area contributed by atoms with Crippen LogP contribution in [0, 0.1) is 5.92 Å². The van der Waals surface area contributed by atoms with Crippen molar-refractivity contribution in [1.29, 1.82) is 0 Å². The zero-order chi connectivity index (χ0) is 12.3. The molecule has 98 valence electrons. The van der Waals surface area contributed by atoms with Gasteiger partial charge >= 0.3 is 0 Å². The molecule has 4 nitrogen and oxygen atoms in total. The first-order chi connectivity index (χ1) is 8.16. The minimum Gasteiger partial charge on any atom is -0.352 e. The van der Waals surface area contributed by atoms with Crippen LogP contribution in [0.3, 0.4) is 0 Å². The quantitative estimate of drug-likeness (QED) is 0.741. The van der Waals surface area contributed by atoms with E-state index in [1.165, 1.54) is 12.8 Å². The summed E-state index contributed by atoms with van der Waals surface area (Å²) in [6, 6.07) is 0.415. The van der Waals surface area contributed by atoms with Crippen LogP contribution in [0.2, 0.25) is 0 Å². The van der Waals surface area contributed by atoms with Gasteiger partial charge in [-0.1, -0.05) is 13.3 Å². The number of likely N-dealkylation sites (tertiary alicyclic amines) is 1. The maximum absolute atomic E-state index is 12.1. The molecule has 1 amide bonds. The van der Waals surface area contributed by atoms with Crippen molar-refractivity contribution >= 4 is 5.91 Å². The molecule has 2 fully saturated rings. The first kappa shape index (κ1) is 12.8. The Balaban J connectivity index is 1.81. The zero-order valence-corrected chi connectivity index (χ0v) is 11.0. The van der Waals surface area contributed by atoms with Gasteiger partial charge in [-0.15, -0.1) is 0 Å². The molecule has 2 N–H and O–H groups in total. The van der Waals surface area contributed by atoms with Gasteiger partial charge < -0.3 is 15.5 Å². The summed E-state index contributed by atoms with van der Waals surface area (Å²) in [6.45, 7) is 5.40. The van der Waals surface area contributed by atoms with Crippen LogP contribution in [0.1, 0.15) is 32.6 Å². The van der Waals surface area contributed by atoms with Crippen LogP contribution < -0.4 is 10.6 Å². The standard InChI is InChI=1S/C13H25N3O/c1-10-9-16(2)8-6-11(10)15-13(17)12-5-3-4-7-14-12/h10-12,14H,3-9H2,1-2H3,(H,15,17). The number of nitrogens with zero attached hydrogens (tertiary/aromatic N) is 1. The Morgan fingerprint density at radius 1 is 1.35 bits per heavy atom. The summed E-state index contributed by atoms with van der Waals surface area (Å²) in [6.07, 6.45) is 4.45. The largest absolute Gasteiger partial charge is 0.352 e. The van der Waals surface area contributed by atoms with Gasteiger partial charge in [0.05, 0.1) is 6.04 Å². The average Bonchev–Trinajstić information content (AvgIpc) is 2.34. The average molecular weight is 239 g/mol. The number of hydrogen-bond donors (Lipinski definition) is 2. The molecule has 0 spiro atoms. The Hall–Kier alpha value is -0.610. The lowest BCUT2D eigenvalue weighted by Gasteiger charge is -2.36. The van der Waals surface area contributed by atoms with Crippen molar-refractivity contribution in [3.8, 4) is 0 Å². The molecule has 3 atom stereocenters. The first-order valence-corrected chi connectivity index (χ1v) is 6.89. The number of hydrogen-bond acceptors (Lipinski definition) is 3. The second-order valence-electron chi connectivity index (χ2n) is 5.65. The number of rotatable bonds is 2. The van der Waals surface area contributed by atoms with E-state index in [0.29, 0.717) is 12.0 Å². The van der Waals surface area contributed by atoms with Gasteiger partial charge in [0.2, 0.25) is 5.91 Å². The molecule has 2 aliphatic rings. The van der Waals surface area contributed by atoms with E-state index >= 15 is 0 Å². The summed E-state index contributed by atoms with van der Waals surface area (Å²) >= 11 is 0. The summed E-state index contributed by atoms with van der Waals surface area (Å²) in [4.78, 5) is 14.4. The predicted molar refractivity (Wildman–Crippen MR) is 68.9 cm³/mol. The lowest BCUT2D eigenvalue weighted by molar-refractivity contribution is -0.125. The van der Waals surface area contributed by atoms with Crippen LogP contribution in [0.4, 0.5) is 0 Å². The second kappa shape index (κ2) is 5.83. The summed E-state index contributed by atoms with van der Waals surface area (Å²) in [5.41, 5.74) is 0. The normalized spacial score (nSPS) is 35.5. The summed E-state index contributed by atoms with van der Waals surface area (Å²) in [7, 11) is 2.15. The molecule has 2 saturated heterocycles. The fourth-order valence-electron chi connectivity index (χ4n) is 2.93. The summed E-state index contributed by atoms with van der Waals surface area (Å²) < 4.78 is 0. The smallest absolute Gasteiger partial charge is 0.237 e. The van der Waals surface area contributed by atoms with Crippen LogP contribution in [0.25, 0.3) is 0 Å². The van der Waals surface area contributed by atoms with Gasteiger partial charge in [0.25, 0.3) is 0 Å². The molecular weight excluding hydrogens is 214 g/mol. The van der Waals surface area contributed by atoms with Crippen LogP contribution in [-0.4, -0.2) is 49.6 Å². The van der Waals surface area contributed by atoms with Crippen molar-refractivity contribution in [3.63, 3.8) is 0 Å². The third-order valence-corrected chi connectivity index (χ3v) is 4.06. The first-order valence-electron chi connectivity index (χ1n) is 6.89. The Labute approximate surface area is 104 Å². The predicted octanol–water partition coefficient (Wildman–Crippen LogP) is 0.585. The van der Waals surface area contributed by atoms with Gasteiger partial charge in [0, 0.05) is 12.6 Å².